The predicted octanol–water partition coefficient (Wildman–Crippen LogP) is -2.26. The third kappa shape index (κ3) is 56.9. The van der Waals surface area contributed by atoms with Gasteiger partial charge in [0.05, 0.1) is 0 Å². The summed E-state index contributed by atoms with van der Waals surface area (Å²) in [6, 6.07) is 0. The molecule has 0 saturated heterocycles. The molecule has 0 rings (SSSR count). The molecule has 0 heterocycles. The van der Waals surface area contributed by atoms with E-state index >= 15 is 0 Å². The number of aliphatic carboxylic acids is 2. The molecular formula is C6H11AlO5. The molecule has 0 aromatic carbocycles. The van der Waals surface area contributed by atoms with Gasteiger partial charge in [0.1, 0.15) is 0 Å². The van der Waals surface area contributed by atoms with Crippen molar-refractivity contribution < 1.29 is 25.3 Å². The Kier molecular flexibility index (Phi) is 31.5. The summed E-state index contributed by atoms with van der Waals surface area (Å²) in [5, 5.41) is 18.5. The number of carboxylic acids is 2. The molecule has 0 spiro atoms. The number of hydrogen-bond acceptors (Lipinski definition) is 5. The molecule has 0 amide bonds. The number of carbonyl (C=O) groups excluding carboxylic acids is 2. The molecule has 0 aromatic rings. The first-order chi connectivity index (χ1) is 4.54. The van der Waals surface area contributed by atoms with E-state index < -0.39 is 11.9 Å². The maximum Gasteiger partial charge on any atom is 3.00 e. The molecule has 0 unspecified atom stereocenters. The van der Waals surface area contributed by atoms with Crippen LogP contribution >= 0.6 is 0 Å². The van der Waals surface area contributed by atoms with Gasteiger partial charge in [-0.1, -0.05) is 13.8 Å². The summed E-state index contributed by atoms with van der Waals surface area (Å²) >= 11 is 0. The first-order valence-corrected chi connectivity index (χ1v) is 2.94. The fourth-order valence-electron chi connectivity index (χ4n) is 0. The van der Waals surface area contributed by atoms with Crippen molar-refractivity contribution in [2.75, 3.05) is 0 Å². The largest absolute Gasteiger partial charge is 3.00 e. The van der Waals surface area contributed by atoms with E-state index in [1.165, 1.54) is 13.8 Å². The van der Waals surface area contributed by atoms with Crippen LogP contribution in [0.2, 0.25) is 0 Å². The minimum absolute atomic E-state index is 0. The van der Waals surface area contributed by atoms with Gasteiger partial charge in [0, 0.05) is 11.9 Å². The van der Waals surface area contributed by atoms with E-state index in [9.17, 15) is 19.8 Å². The van der Waals surface area contributed by atoms with Crippen molar-refractivity contribution >= 4 is 29.3 Å². The monoisotopic (exact) mass is 190 g/mol. The van der Waals surface area contributed by atoms with E-state index in [0.29, 0.717) is 0 Å². The van der Waals surface area contributed by atoms with Crippen LogP contribution in [0.25, 0.3) is 0 Å². The van der Waals surface area contributed by atoms with Gasteiger partial charge < -0.3 is 25.3 Å². The second-order valence-corrected chi connectivity index (χ2v) is 1.45. The summed E-state index contributed by atoms with van der Waals surface area (Å²) in [6.07, 6.45) is 0.222. The molecular weight excluding hydrogens is 179 g/mol. The van der Waals surface area contributed by atoms with E-state index in [-0.39, 0.29) is 35.7 Å². The van der Waals surface area contributed by atoms with Crippen LogP contribution in [0.1, 0.15) is 26.7 Å². The molecule has 12 heavy (non-hydrogen) atoms. The third-order valence-electron chi connectivity index (χ3n) is 0.577. The quantitative estimate of drug-likeness (QED) is 0.456. The van der Waals surface area contributed by atoms with Crippen LogP contribution in [-0.4, -0.2) is 34.8 Å². The summed E-state index contributed by atoms with van der Waals surface area (Å²) in [4.78, 5) is 18.5. The van der Waals surface area contributed by atoms with Crippen molar-refractivity contribution in [2.24, 2.45) is 0 Å². The van der Waals surface area contributed by atoms with E-state index in [0.717, 1.165) is 0 Å². The first-order valence-electron chi connectivity index (χ1n) is 2.94. The van der Waals surface area contributed by atoms with Crippen molar-refractivity contribution in [2.45, 2.75) is 26.7 Å². The number of hydrogen-bond donors (Lipinski definition) is 0. The fourth-order valence-corrected chi connectivity index (χ4v) is 0. The Bertz CT molecular complexity index is 101. The van der Waals surface area contributed by atoms with Gasteiger partial charge in [-0.2, -0.15) is 0 Å². The zero-order valence-corrected chi connectivity index (χ0v) is 8.23. The van der Waals surface area contributed by atoms with Crippen LogP contribution < -0.4 is 10.2 Å². The zero-order valence-electron chi connectivity index (χ0n) is 7.07. The average Bonchev–Trinajstić information content (AvgIpc) is 1.89. The van der Waals surface area contributed by atoms with E-state index in [2.05, 4.69) is 0 Å². The average molecular weight is 190 g/mol. The predicted molar refractivity (Wildman–Crippen MR) is 38.3 cm³/mol. The zero-order chi connectivity index (χ0) is 8.57. The smallest absolute Gasteiger partial charge is 0.870 e. The Morgan fingerprint density at radius 3 is 1.08 bits per heavy atom. The standard InChI is InChI=1S/2C3H6O2.Al.H2O/c2*1-2-3(4)5;;/h2*2H2,1H3,(H,4,5);;1H2/q;;+3;/p-3. The van der Waals surface area contributed by atoms with Crippen LogP contribution in [0, 0.1) is 0 Å². The molecule has 68 valence electrons. The van der Waals surface area contributed by atoms with Crippen molar-refractivity contribution in [3.63, 3.8) is 0 Å². The molecule has 0 radical (unpaired) electrons. The molecule has 0 saturated carbocycles. The van der Waals surface area contributed by atoms with Gasteiger partial charge in [0.15, 0.2) is 0 Å². The maximum absolute atomic E-state index is 9.26. The van der Waals surface area contributed by atoms with Crippen LogP contribution in [0.4, 0.5) is 0 Å². The molecule has 0 aliphatic rings. The van der Waals surface area contributed by atoms with Gasteiger partial charge in [-0.05, 0) is 12.8 Å². The van der Waals surface area contributed by atoms with Gasteiger partial charge >= 0.3 is 17.4 Å². The van der Waals surface area contributed by atoms with Crippen molar-refractivity contribution in [1.82, 2.24) is 0 Å². The van der Waals surface area contributed by atoms with Gasteiger partial charge in [-0.25, -0.2) is 0 Å². The molecule has 0 aliphatic carbocycles. The number of carboxylic acid groups (broad SMARTS) is 2. The molecule has 6 heteroatoms. The minimum atomic E-state index is -0.995. The Balaban J connectivity index is -0.0000000457. The van der Waals surface area contributed by atoms with Crippen molar-refractivity contribution in [3.05, 3.63) is 0 Å². The van der Waals surface area contributed by atoms with Crippen LogP contribution in [0.5, 0.6) is 0 Å². The van der Waals surface area contributed by atoms with Gasteiger partial charge in [0.2, 0.25) is 0 Å². The summed E-state index contributed by atoms with van der Waals surface area (Å²) in [5.41, 5.74) is 0. The molecule has 0 aromatic heterocycles. The Morgan fingerprint density at radius 2 is 1.08 bits per heavy atom. The molecule has 5 nitrogen and oxygen atoms in total. The van der Waals surface area contributed by atoms with E-state index in [1.807, 2.05) is 0 Å². The second-order valence-electron chi connectivity index (χ2n) is 1.45. The van der Waals surface area contributed by atoms with Crippen molar-refractivity contribution in [1.29, 1.82) is 0 Å². The van der Waals surface area contributed by atoms with E-state index in [4.69, 9.17) is 0 Å². The molecule has 1 N–H and O–H groups in total. The molecule has 0 atom stereocenters. The first kappa shape index (κ1) is 22.5. The molecule has 0 bridgehead atoms. The van der Waals surface area contributed by atoms with Crippen LogP contribution in [0.3, 0.4) is 0 Å². The maximum atomic E-state index is 9.26. The third-order valence-corrected chi connectivity index (χ3v) is 0.577. The minimum Gasteiger partial charge on any atom is -0.870 e. The summed E-state index contributed by atoms with van der Waals surface area (Å²) in [6.45, 7) is 3.07. The topological polar surface area (TPSA) is 110 Å². The van der Waals surface area contributed by atoms with Crippen LogP contribution in [-0.2, 0) is 9.59 Å². The van der Waals surface area contributed by atoms with Gasteiger partial charge in [0.25, 0.3) is 0 Å². The summed E-state index contributed by atoms with van der Waals surface area (Å²) in [5.74, 6) is -1.99. The number of rotatable bonds is 2. The van der Waals surface area contributed by atoms with Gasteiger partial charge in [-0.15, -0.1) is 0 Å². The molecule has 0 aliphatic heterocycles. The normalized spacial score (nSPS) is 6.17. The second kappa shape index (κ2) is 16.8. The van der Waals surface area contributed by atoms with Crippen LogP contribution in [0.15, 0.2) is 0 Å². The van der Waals surface area contributed by atoms with Gasteiger partial charge in [-0.3, -0.25) is 0 Å². The number of carbonyl (C=O) groups is 2. The summed E-state index contributed by atoms with van der Waals surface area (Å²) < 4.78 is 0. The summed E-state index contributed by atoms with van der Waals surface area (Å²) in [7, 11) is 0. The fraction of sp³-hybridized carbons (Fsp3) is 0.667. The Hall–Kier alpha value is -0.568. The SMILES string of the molecule is CCC(=O)[O-].CCC(=O)[O-].[Al+3].[OH-]. The Morgan fingerprint density at radius 1 is 1.00 bits per heavy atom. The molecule has 0 fully saturated rings. The van der Waals surface area contributed by atoms with Crippen molar-refractivity contribution in [3.8, 4) is 0 Å². The van der Waals surface area contributed by atoms with E-state index in [1.54, 1.807) is 0 Å². The Labute approximate surface area is 81.8 Å².